The standard InChI is InChI=1S/C23H23N3O2/c1-13(2)23-22(28)11-19-20(26-23)8-15(12-25-19)7-14(3)17-10-18-16(9-21(17)27)5-4-6-24-18/h4-6,8-14,27-28H,7H2,1-3H3. The van der Waals surface area contributed by atoms with E-state index in [1.54, 1.807) is 18.3 Å². The fourth-order valence-electron chi connectivity index (χ4n) is 3.62. The number of aromatic nitrogens is 3. The number of pyridine rings is 3. The highest BCUT2D eigenvalue weighted by atomic mass is 16.3. The molecule has 0 aliphatic heterocycles. The first-order chi connectivity index (χ1) is 13.4. The molecule has 0 aliphatic rings. The van der Waals surface area contributed by atoms with Crippen LogP contribution in [-0.2, 0) is 6.42 Å². The Kier molecular flexibility index (Phi) is 4.59. The first-order valence-corrected chi connectivity index (χ1v) is 9.48. The van der Waals surface area contributed by atoms with Crippen LogP contribution < -0.4 is 0 Å². The molecule has 0 saturated carbocycles. The lowest BCUT2D eigenvalue weighted by molar-refractivity contribution is 0.461. The SMILES string of the molecule is CC(C)c1nc2cc(CC(C)c3cc4ncccc4cc3O)cnc2cc1O. The summed E-state index contributed by atoms with van der Waals surface area (Å²) in [5.41, 5.74) is 4.91. The predicted molar refractivity (Wildman–Crippen MR) is 111 cm³/mol. The van der Waals surface area contributed by atoms with Crippen molar-refractivity contribution in [1.29, 1.82) is 0 Å². The quantitative estimate of drug-likeness (QED) is 0.523. The van der Waals surface area contributed by atoms with Gasteiger partial charge in [-0.1, -0.05) is 26.8 Å². The van der Waals surface area contributed by atoms with Gasteiger partial charge in [0.25, 0.3) is 0 Å². The van der Waals surface area contributed by atoms with Crippen LogP contribution in [-0.4, -0.2) is 25.2 Å². The molecule has 0 amide bonds. The van der Waals surface area contributed by atoms with E-state index in [1.165, 1.54) is 0 Å². The Morgan fingerprint density at radius 1 is 0.893 bits per heavy atom. The van der Waals surface area contributed by atoms with Crippen molar-refractivity contribution >= 4 is 21.9 Å². The Hall–Kier alpha value is -3.21. The summed E-state index contributed by atoms with van der Waals surface area (Å²) in [5, 5.41) is 21.5. The van der Waals surface area contributed by atoms with E-state index >= 15 is 0 Å². The molecule has 0 aliphatic carbocycles. The number of hydrogen-bond donors (Lipinski definition) is 2. The van der Waals surface area contributed by atoms with Crippen LogP contribution in [0, 0.1) is 0 Å². The summed E-state index contributed by atoms with van der Waals surface area (Å²) in [4.78, 5) is 13.5. The molecule has 142 valence electrons. The van der Waals surface area contributed by atoms with Gasteiger partial charge in [-0.25, -0.2) is 4.98 Å². The fourth-order valence-corrected chi connectivity index (χ4v) is 3.62. The highest BCUT2D eigenvalue weighted by Crippen LogP contribution is 2.32. The zero-order chi connectivity index (χ0) is 19.8. The molecule has 1 unspecified atom stereocenters. The number of nitrogens with zero attached hydrogens (tertiary/aromatic N) is 3. The summed E-state index contributed by atoms with van der Waals surface area (Å²) < 4.78 is 0. The maximum Gasteiger partial charge on any atom is 0.139 e. The lowest BCUT2D eigenvalue weighted by atomic mass is 9.92. The Balaban J connectivity index is 1.67. The molecule has 5 heteroatoms. The van der Waals surface area contributed by atoms with Crippen LogP contribution in [0.1, 0.15) is 49.4 Å². The van der Waals surface area contributed by atoms with E-state index < -0.39 is 0 Å². The van der Waals surface area contributed by atoms with Crippen molar-refractivity contribution in [2.45, 2.75) is 39.0 Å². The third-order valence-corrected chi connectivity index (χ3v) is 5.10. The lowest BCUT2D eigenvalue weighted by Crippen LogP contribution is -2.01. The minimum Gasteiger partial charge on any atom is -0.508 e. The number of rotatable bonds is 4. The first-order valence-electron chi connectivity index (χ1n) is 9.48. The van der Waals surface area contributed by atoms with Crippen molar-refractivity contribution in [3.8, 4) is 11.5 Å². The molecule has 28 heavy (non-hydrogen) atoms. The highest BCUT2D eigenvalue weighted by molar-refractivity contribution is 5.81. The second-order valence-corrected chi connectivity index (χ2v) is 7.64. The molecule has 1 atom stereocenters. The van der Waals surface area contributed by atoms with Crippen LogP contribution in [0.15, 0.2) is 48.8 Å². The number of benzene rings is 1. The number of aromatic hydroxyl groups is 2. The first kappa shape index (κ1) is 18.2. The third kappa shape index (κ3) is 3.36. The van der Waals surface area contributed by atoms with Crippen LogP contribution in [0.2, 0.25) is 0 Å². The summed E-state index contributed by atoms with van der Waals surface area (Å²) in [5.74, 6) is 0.693. The van der Waals surface area contributed by atoms with Gasteiger partial charge in [0, 0.05) is 23.8 Å². The van der Waals surface area contributed by atoms with Crippen LogP contribution in [0.4, 0.5) is 0 Å². The second-order valence-electron chi connectivity index (χ2n) is 7.64. The summed E-state index contributed by atoms with van der Waals surface area (Å²) >= 11 is 0. The zero-order valence-electron chi connectivity index (χ0n) is 16.2. The summed E-state index contributed by atoms with van der Waals surface area (Å²) in [7, 11) is 0. The molecule has 3 aromatic heterocycles. The van der Waals surface area contributed by atoms with Gasteiger partial charge in [0.2, 0.25) is 0 Å². The molecular weight excluding hydrogens is 350 g/mol. The number of fused-ring (bicyclic) bond motifs is 2. The minimum atomic E-state index is 0.0901. The summed E-state index contributed by atoms with van der Waals surface area (Å²) in [6.45, 7) is 6.09. The average molecular weight is 373 g/mol. The van der Waals surface area contributed by atoms with Crippen LogP contribution in [0.5, 0.6) is 11.5 Å². The Bertz CT molecular complexity index is 1170. The maximum absolute atomic E-state index is 10.5. The number of phenolic OH excluding ortho intramolecular Hbond substituents is 1. The average Bonchev–Trinajstić information content (AvgIpc) is 2.66. The largest absolute Gasteiger partial charge is 0.508 e. The molecule has 0 saturated heterocycles. The van der Waals surface area contributed by atoms with E-state index in [1.807, 2.05) is 44.3 Å². The molecule has 0 fully saturated rings. The molecular formula is C23H23N3O2. The monoisotopic (exact) mass is 373 g/mol. The zero-order valence-corrected chi connectivity index (χ0v) is 16.2. The van der Waals surface area contributed by atoms with Crippen molar-refractivity contribution < 1.29 is 10.2 Å². The minimum absolute atomic E-state index is 0.0901. The van der Waals surface area contributed by atoms with E-state index in [-0.39, 0.29) is 23.3 Å². The van der Waals surface area contributed by atoms with E-state index in [0.717, 1.165) is 27.5 Å². The van der Waals surface area contributed by atoms with E-state index in [2.05, 4.69) is 21.9 Å². The molecule has 4 aromatic rings. The van der Waals surface area contributed by atoms with Gasteiger partial charge in [0.1, 0.15) is 11.5 Å². The maximum atomic E-state index is 10.5. The van der Waals surface area contributed by atoms with Gasteiger partial charge in [0.15, 0.2) is 0 Å². The Morgan fingerprint density at radius 3 is 2.50 bits per heavy atom. The van der Waals surface area contributed by atoms with Crippen LogP contribution in [0.25, 0.3) is 21.9 Å². The Labute approximate surface area is 163 Å². The molecule has 3 heterocycles. The van der Waals surface area contributed by atoms with Crippen molar-refractivity contribution in [3.63, 3.8) is 0 Å². The topological polar surface area (TPSA) is 79.1 Å². The summed E-state index contributed by atoms with van der Waals surface area (Å²) in [6, 6.07) is 11.2. The fraction of sp³-hybridized carbons (Fsp3) is 0.261. The predicted octanol–water partition coefficient (Wildman–Crippen LogP) is 5.06. The van der Waals surface area contributed by atoms with Crippen molar-refractivity contribution in [2.24, 2.45) is 0 Å². The van der Waals surface area contributed by atoms with Gasteiger partial charge < -0.3 is 10.2 Å². The van der Waals surface area contributed by atoms with Gasteiger partial charge in [0.05, 0.1) is 22.2 Å². The third-order valence-electron chi connectivity index (χ3n) is 5.10. The normalized spacial score (nSPS) is 12.7. The molecule has 1 aromatic carbocycles. The smallest absolute Gasteiger partial charge is 0.139 e. The molecule has 0 spiro atoms. The van der Waals surface area contributed by atoms with E-state index in [9.17, 15) is 10.2 Å². The highest BCUT2D eigenvalue weighted by Gasteiger charge is 2.15. The molecule has 2 N–H and O–H groups in total. The molecule has 0 bridgehead atoms. The second kappa shape index (κ2) is 7.08. The van der Waals surface area contributed by atoms with Gasteiger partial charge in [-0.15, -0.1) is 0 Å². The van der Waals surface area contributed by atoms with Crippen molar-refractivity contribution in [2.75, 3.05) is 0 Å². The summed E-state index contributed by atoms with van der Waals surface area (Å²) in [6.07, 6.45) is 4.29. The molecule has 0 radical (unpaired) electrons. The lowest BCUT2D eigenvalue weighted by Gasteiger charge is -2.15. The number of phenols is 1. The molecule has 5 nitrogen and oxygen atoms in total. The van der Waals surface area contributed by atoms with Gasteiger partial charge >= 0.3 is 0 Å². The van der Waals surface area contributed by atoms with E-state index in [0.29, 0.717) is 17.6 Å². The molecule has 4 rings (SSSR count). The van der Waals surface area contributed by atoms with Crippen molar-refractivity contribution in [1.82, 2.24) is 15.0 Å². The van der Waals surface area contributed by atoms with Crippen molar-refractivity contribution in [3.05, 3.63) is 65.6 Å². The number of hydrogen-bond acceptors (Lipinski definition) is 5. The van der Waals surface area contributed by atoms with E-state index in [4.69, 9.17) is 0 Å². The van der Waals surface area contributed by atoms with Gasteiger partial charge in [-0.2, -0.15) is 0 Å². The van der Waals surface area contributed by atoms with Crippen LogP contribution >= 0.6 is 0 Å². The van der Waals surface area contributed by atoms with Gasteiger partial charge in [-0.05, 0) is 53.6 Å². The Morgan fingerprint density at radius 2 is 1.71 bits per heavy atom. The van der Waals surface area contributed by atoms with Crippen LogP contribution in [0.3, 0.4) is 0 Å². The van der Waals surface area contributed by atoms with Gasteiger partial charge in [-0.3, -0.25) is 9.97 Å².